The molecule has 0 radical (unpaired) electrons. The standard InChI is InChI=1S/C19H22ClFN2O5S/c1-26-17-10-13(11-18(27-2)19(17)28-3)22-6-8-23(9-7-22)29(24,25)14-4-5-16(21)15(20)12-14/h4-5,10-12H,6-9H2,1-3H3. The molecule has 3 rings (SSSR count). The van der Waals surface area contributed by atoms with Crippen molar-refractivity contribution in [3.05, 3.63) is 41.2 Å². The predicted molar refractivity (Wildman–Crippen MR) is 108 cm³/mol. The Morgan fingerprint density at radius 1 is 0.931 bits per heavy atom. The van der Waals surface area contributed by atoms with Gasteiger partial charge < -0.3 is 19.1 Å². The first-order chi connectivity index (χ1) is 13.8. The number of ether oxygens (including phenoxy) is 3. The van der Waals surface area contributed by atoms with Crippen LogP contribution in [0.3, 0.4) is 0 Å². The van der Waals surface area contributed by atoms with Crippen LogP contribution in [0.2, 0.25) is 5.02 Å². The maximum Gasteiger partial charge on any atom is 0.243 e. The summed E-state index contributed by atoms with van der Waals surface area (Å²) in [5.74, 6) is 0.890. The van der Waals surface area contributed by atoms with Gasteiger partial charge in [-0.3, -0.25) is 0 Å². The van der Waals surface area contributed by atoms with Crippen LogP contribution in [0.25, 0.3) is 0 Å². The Morgan fingerprint density at radius 3 is 2.00 bits per heavy atom. The van der Waals surface area contributed by atoms with Gasteiger partial charge in [-0.15, -0.1) is 0 Å². The molecular weight excluding hydrogens is 423 g/mol. The molecule has 1 aliphatic rings. The van der Waals surface area contributed by atoms with Crippen LogP contribution in [-0.4, -0.2) is 60.2 Å². The molecule has 1 aliphatic heterocycles. The third-order valence-electron chi connectivity index (χ3n) is 4.78. The monoisotopic (exact) mass is 444 g/mol. The molecule has 1 saturated heterocycles. The second kappa shape index (κ2) is 8.64. The molecule has 0 unspecified atom stereocenters. The van der Waals surface area contributed by atoms with Crippen LogP contribution in [-0.2, 0) is 10.0 Å². The molecule has 2 aromatic carbocycles. The number of nitrogens with zero attached hydrogens (tertiary/aromatic N) is 2. The largest absolute Gasteiger partial charge is 0.493 e. The summed E-state index contributed by atoms with van der Waals surface area (Å²) in [6.45, 7) is 1.47. The molecule has 1 fully saturated rings. The van der Waals surface area contributed by atoms with E-state index in [1.165, 1.54) is 17.5 Å². The van der Waals surface area contributed by atoms with Crippen LogP contribution in [0.4, 0.5) is 10.1 Å². The van der Waals surface area contributed by atoms with E-state index < -0.39 is 15.8 Å². The van der Waals surface area contributed by atoms with Crippen molar-refractivity contribution in [2.24, 2.45) is 0 Å². The number of hydrogen-bond acceptors (Lipinski definition) is 6. The Hall–Kier alpha value is -2.23. The quantitative estimate of drug-likeness (QED) is 0.682. The van der Waals surface area contributed by atoms with E-state index in [-0.39, 0.29) is 23.0 Å². The van der Waals surface area contributed by atoms with Gasteiger partial charge in [0.05, 0.1) is 31.2 Å². The van der Waals surface area contributed by atoms with E-state index in [0.717, 1.165) is 17.8 Å². The van der Waals surface area contributed by atoms with Gasteiger partial charge in [0.2, 0.25) is 15.8 Å². The van der Waals surface area contributed by atoms with E-state index in [0.29, 0.717) is 30.3 Å². The molecule has 158 valence electrons. The number of rotatable bonds is 6. The smallest absolute Gasteiger partial charge is 0.243 e. The second-order valence-electron chi connectivity index (χ2n) is 6.35. The van der Waals surface area contributed by atoms with Gasteiger partial charge in [-0.25, -0.2) is 12.8 Å². The summed E-state index contributed by atoms with van der Waals surface area (Å²) < 4.78 is 56.5. The molecule has 0 N–H and O–H groups in total. The van der Waals surface area contributed by atoms with Crippen molar-refractivity contribution >= 4 is 27.3 Å². The van der Waals surface area contributed by atoms with E-state index in [2.05, 4.69) is 0 Å². The topological polar surface area (TPSA) is 68.3 Å². The van der Waals surface area contributed by atoms with Gasteiger partial charge in [0.15, 0.2) is 11.5 Å². The zero-order valence-corrected chi connectivity index (χ0v) is 17.9. The SMILES string of the molecule is COc1cc(N2CCN(S(=O)(=O)c3ccc(F)c(Cl)c3)CC2)cc(OC)c1OC. The molecule has 29 heavy (non-hydrogen) atoms. The third kappa shape index (κ3) is 4.22. The van der Waals surface area contributed by atoms with E-state index >= 15 is 0 Å². The minimum atomic E-state index is -3.76. The number of hydrogen-bond donors (Lipinski definition) is 0. The number of sulfonamides is 1. The lowest BCUT2D eigenvalue weighted by molar-refractivity contribution is 0.324. The maximum absolute atomic E-state index is 13.4. The summed E-state index contributed by atoms with van der Waals surface area (Å²) in [7, 11) is 0.858. The van der Waals surface area contributed by atoms with Crippen LogP contribution in [0.5, 0.6) is 17.2 Å². The number of benzene rings is 2. The fourth-order valence-corrected chi connectivity index (χ4v) is 4.92. The number of methoxy groups -OCH3 is 3. The molecule has 0 saturated carbocycles. The molecule has 0 spiro atoms. The van der Waals surface area contributed by atoms with Gasteiger partial charge in [-0.1, -0.05) is 11.6 Å². The normalized spacial score (nSPS) is 15.3. The fraction of sp³-hybridized carbons (Fsp3) is 0.368. The third-order valence-corrected chi connectivity index (χ3v) is 6.97. The van der Waals surface area contributed by atoms with Gasteiger partial charge in [0, 0.05) is 44.0 Å². The molecule has 10 heteroatoms. The van der Waals surface area contributed by atoms with Crippen molar-refractivity contribution in [2.45, 2.75) is 4.90 Å². The molecule has 0 aromatic heterocycles. The minimum Gasteiger partial charge on any atom is -0.493 e. The second-order valence-corrected chi connectivity index (χ2v) is 8.70. The number of piperazine rings is 1. The van der Waals surface area contributed by atoms with Crippen LogP contribution < -0.4 is 19.1 Å². The van der Waals surface area contributed by atoms with Crippen molar-refractivity contribution in [2.75, 3.05) is 52.4 Å². The Balaban J connectivity index is 1.79. The molecule has 7 nitrogen and oxygen atoms in total. The van der Waals surface area contributed by atoms with Crippen LogP contribution >= 0.6 is 11.6 Å². The Labute approximate surface area is 174 Å². The highest BCUT2D eigenvalue weighted by molar-refractivity contribution is 7.89. The van der Waals surface area contributed by atoms with Crippen LogP contribution in [0, 0.1) is 5.82 Å². The maximum atomic E-state index is 13.4. The highest BCUT2D eigenvalue weighted by Crippen LogP contribution is 2.41. The molecule has 0 aliphatic carbocycles. The van der Waals surface area contributed by atoms with Gasteiger partial charge in [-0.2, -0.15) is 4.31 Å². The fourth-order valence-electron chi connectivity index (χ4n) is 3.22. The van der Waals surface area contributed by atoms with Crippen LogP contribution in [0.1, 0.15) is 0 Å². The highest BCUT2D eigenvalue weighted by atomic mass is 35.5. The lowest BCUT2D eigenvalue weighted by atomic mass is 10.2. The van der Waals surface area contributed by atoms with Crippen molar-refractivity contribution in [3.63, 3.8) is 0 Å². The number of halogens is 2. The van der Waals surface area contributed by atoms with Gasteiger partial charge in [0.25, 0.3) is 0 Å². The lowest BCUT2D eigenvalue weighted by Gasteiger charge is -2.35. The Kier molecular flexibility index (Phi) is 6.40. The van der Waals surface area contributed by atoms with E-state index in [4.69, 9.17) is 25.8 Å². The lowest BCUT2D eigenvalue weighted by Crippen LogP contribution is -2.48. The summed E-state index contributed by atoms with van der Waals surface area (Å²) in [6.07, 6.45) is 0. The summed E-state index contributed by atoms with van der Waals surface area (Å²) in [6, 6.07) is 7.07. The molecular formula is C19H22ClFN2O5S. The van der Waals surface area contributed by atoms with Crippen LogP contribution in [0.15, 0.2) is 35.2 Å². The summed E-state index contributed by atoms with van der Waals surface area (Å²) in [4.78, 5) is 2.01. The first kappa shape index (κ1) is 21.5. The Bertz CT molecular complexity index is 969. The van der Waals surface area contributed by atoms with E-state index in [9.17, 15) is 12.8 Å². The number of anilines is 1. The van der Waals surface area contributed by atoms with Crippen molar-refractivity contribution in [1.29, 1.82) is 0 Å². The van der Waals surface area contributed by atoms with E-state index in [1.807, 2.05) is 17.0 Å². The van der Waals surface area contributed by atoms with Crippen molar-refractivity contribution in [1.82, 2.24) is 4.31 Å². The summed E-state index contributed by atoms with van der Waals surface area (Å²) >= 11 is 5.74. The minimum absolute atomic E-state index is 0.0230. The van der Waals surface area contributed by atoms with Gasteiger partial charge in [0.1, 0.15) is 5.82 Å². The zero-order valence-electron chi connectivity index (χ0n) is 16.3. The molecule has 1 heterocycles. The first-order valence-corrected chi connectivity index (χ1v) is 10.6. The summed E-state index contributed by atoms with van der Waals surface area (Å²) in [5.41, 5.74) is 0.835. The Morgan fingerprint density at radius 2 is 1.52 bits per heavy atom. The average Bonchev–Trinajstić information content (AvgIpc) is 2.74. The average molecular weight is 445 g/mol. The summed E-state index contributed by atoms with van der Waals surface area (Å²) in [5, 5.41) is -0.220. The van der Waals surface area contributed by atoms with Crippen molar-refractivity contribution in [3.8, 4) is 17.2 Å². The van der Waals surface area contributed by atoms with Gasteiger partial charge in [-0.05, 0) is 18.2 Å². The molecule has 0 amide bonds. The molecule has 0 atom stereocenters. The first-order valence-electron chi connectivity index (χ1n) is 8.82. The molecule has 2 aromatic rings. The van der Waals surface area contributed by atoms with Crippen molar-refractivity contribution < 1.29 is 27.0 Å². The van der Waals surface area contributed by atoms with Gasteiger partial charge >= 0.3 is 0 Å². The van der Waals surface area contributed by atoms with E-state index in [1.54, 1.807) is 14.2 Å². The molecule has 0 bridgehead atoms. The predicted octanol–water partition coefficient (Wildman–Crippen LogP) is 3.02. The highest BCUT2D eigenvalue weighted by Gasteiger charge is 2.30. The zero-order chi connectivity index (χ0) is 21.2.